The Labute approximate surface area is 104 Å². The molecule has 2 aliphatic rings. The second-order valence-electron chi connectivity index (χ2n) is 4.99. The molecule has 0 atom stereocenters. The zero-order valence-corrected chi connectivity index (χ0v) is 10.7. The number of hydrogen-bond acceptors (Lipinski definition) is 2. The van der Waals surface area contributed by atoms with E-state index in [4.69, 9.17) is 4.74 Å². The lowest BCUT2D eigenvalue weighted by atomic mass is 9.66. The van der Waals surface area contributed by atoms with Gasteiger partial charge in [0.1, 0.15) is 0 Å². The number of ether oxygens (including phenoxy) is 1. The van der Waals surface area contributed by atoms with Gasteiger partial charge in [-0.15, -0.1) is 0 Å². The van der Waals surface area contributed by atoms with E-state index < -0.39 is 0 Å². The third kappa shape index (κ3) is 1.25. The van der Waals surface area contributed by atoms with Gasteiger partial charge in [0.15, 0.2) is 0 Å². The van der Waals surface area contributed by atoms with Crippen molar-refractivity contribution < 1.29 is 9.84 Å². The number of rotatable bonds is 3. The van der Waals surface area contributed by atoms with Gasteiger partial charge in [-0.1, -0.05) is 34.1 Å². The van der Waals surface area contributed by atoms with Gasteiger partial charge in [0.2, 0.25) is 0 Å². The summed E-state index contributed by atoms with van der Waals surface area (Å²) in [4.78, 5) is 0. The lowest BCUT2D eigenvalue weighted by Crippen LogP contribution is -2.55. The molecule has 3 heteroatoms. The SMILES string of the molecule is OCC1(C2(c3ccccc3Br)COC2)CC1. The fourth-order valence-corrected chi connectivity index (χ4v) is 3.51. The highest BCUT2D eigenvalue weighted by molar-refractivity contribution is 9.10. The molecule has 0 aromatic heterocycles. The molecule has 0 bridgehead atoms. The summed E-state index contributed by atoms with van der Waals surface area (Å²) in [5.41, 5.74) is 1.42. The van der Waals surface area contributed by atoms with Crippen LogP contribution in [0.25, 0.3) is 0 Å². The van der Waals surface area contributed by atoms with E-state index >= 15 is 0 Å². The summed E-state index contributed by atoms with van der Waals surface area (Å²) in [6, 6.07) is 8.32. The molecule has 1 saturated heterocycles. The number of benzene rings is 1. The topological polar surface area (TPSA) is 29.5 Å². The minimum atomic E-state index is 0.0435. The predicted octanol–water partition coefficient (Wildman–Crippen LogP) is 2.49. The van der Waals surface area contributed by atoms with Crippen LogP contribution in [0.2, 0.25) is 0 Å². The van der Waals surface area contributed by atoms with Crippen LogP contribution in [0.4, 0.5) is 0 Å². The second kappa shape index (κ2) is 3.56. The molecular formula is C13H15BrO2. The molecule has 3 rings (SSSR count). The molecule has 1 aliphatic heterocycles. The summed E-state index contributed by atoms with van der Waals surface area (Å²) < 4.78 is 6.58. The molecule has 86 valence electrons. The lowest BCUT2D eigenvalue weighted by molar-refractivity contribution is -0.110. The maximum absolute atomic E-state index is 9.64. The Hall–Kier alpha value is -0.380. The molecule has 1 heterocycles. The third-order valence-corrected chi connectivity index (χ3v) is 4.95. The van der Waals surface area contributed by atoms with Crippen LogP contribution < -0.4 is 0 Å². The minimum absolute atomic E-state index is 0.0435. The quantitative estimate of drug-likeness (QED) is 0.923. The summed E-state index contributed by atoms with van der Waals surface area (Å²) in [5.74, 6) is 0. The normalized spacial score (nSPS) is 24.9. The summed E-state index contributed by atoms with van der Waals surface area (Å²) in [5, 5.41) is 9.64. The Balaban J connectivity index is 2.06. The van der Waals surface area contributed by atoms with Crippen LogP contribution >= 0.6 is 15.9 Å². The van der Waals surface area contributed by atoms with Crippen LogP contribution in [-0.4, -0.2) is 24.9 Å². The molecule has 2 nitrogen and oxygen atoms in total. The number of halogens is 1. The molecule has 0 spiro atoms. The van der Waals surface area contributed by atoms with Gasteiger partial charge in [-0.25, -0.2) is 0 Å². The fraction of sp³-hybridized carbons (Fsp3) is 0.538. The highest BCUT2D eigenvalue weighted by Gasteiger charge is 2.63. The Morgan fingerprint density at radius 3 is 2.38 bits per heavy atom. The number of aliphatic hydroxyl groups excluding tert-OH is 1. The molecule has 2 fully saturated rings. The van der Waals surface area contributed by atoms with Crippen LogP contribution in [0.3, 0.4) is 0 Å². The first-order valence-corrected chi connectivity index (χ1v) is 6.47. The van der Waals surface area contributed by atoms with Crippen LogP contribution in [0, 0.1) is 5.41 Å². The van der Waals surface area contributed by atoms with Crippen molar-refractivity contribution in [1.82, 2.24) is 0 Å². The van der Waals surface area contributed by atoms with Crippen molar-refractivity contribution in [2.45, 2.75) is 18.3 Å². The van der Waals surface area contributed by atoms with E-state index in [9.17, 15) is 5.11 Å². The molecular weight excluding hydrogens is 268 g/mol. The molecule has 0 radical (unpaired) electrons. The van der Waals surface area contributed by atoms with Gasteiger partial charge in [-0.3, -0.25) is 0 Å². The van der Waals surface area contributed by atoms with E-state index in [0.717, 1.165) is 30.5 Å². The Kier molecular flexibility index (Phi) is 2.39. The first-order chi connectivity index (χ1) is 7.74. The summed E-state index contributed by atoms with van der Waals surface area (Å²) in [7, 11) is 0. The summed E-state index contributed by atoms with van der Waals surface area (Å²) in [6.45, 7) is 1.77. The molecule has 16 heavy (non-hydrogen) atoms. The third-order valence-electron chi connectivity index (χ3n) is 4.26. The largest absolute Gasteiger partial charge is 0.396 e. The first-order valence-electron chi connectivity index (χ1n) is 5.68. The van der Waals surface area contributed by atoms with Crippen molar-refractivity contribution in [1.29, 1.82) is 0 Å². The van der Waals surface area contributed by atoms with E-state index in [0.29, 0.717) is 0 Å². The van der Waals surface area contributed by atoms with Crippen LogP contribution in [0.15, 0.2) is 28.7 Å². The van der Waals surface area contributed by atoms with Crippen LogP contribution in [-0.2, 0) is 10.2 Å². The van der Waals surface area contributed by atoms with Gasteiger partial charge in [0.05, 0.1) is 18.6 Å². The van der Waals surface area contributed by atoms with Crippen molar-refractivity contribution in [3.8, 4) is 0 Å². The van der Waals surface area contributed by atoms with Crippen molar-refractivity contribution in [3.63, 3.8) is 0 Å². The highest BCUT2D eigenvalue weighted by Crippen LogP contribution is 2.62. The second-order valence-corrected chi connectivity index (χ2v) is 5.85. The van der Waals surface area contributed by atoms with Crippen molar-refractivity contribution >= 4 is 15.9 Å². The van der Waals surface area contributed by atoms with E-state index in [2.05, 4.69) is 34.1 Å². The lowest BCUT2D eigenvalue weighted by Gasteiger charge is -2.48. The molecule has 1 aromatic rings. The molecule has 1 saturated carbocycles. The molecule has 1 N–H and O–H groups in total. The first kappa shape index (κ1) is 10.8. The van der Waals surface area contributed by atoms with Gasteiger partial charge in [-0.2, -0.15) is 0 Å². The zero-order valence-electron chi connectivity index (χ0n) is 9.08. The average molecular weight is 283 g/mol. The number of aliphatic hydroxyl groups is 1. The Morgan fingerprint density at radius 2 is 1.94 bits per heavy atom. The van der Waals surface area contributed by atoms with E-state index in [1.807, 2.05) is 6.07 Å². The van der Waals surface area contributed by atoms with Crippen molar-refractivity contribution in [3.05, 3.63) is 34.3 Å². The Bertz CT molecular complexity index is 408. The molecule has 0 amide bonds. The molecule has 1 aromatic carbocycles. The number of hydrogen-bond donors (Lipinski definition) is 1. The minimum Gasteiger partial charge on any atom is -0.396 e. The summed E-state index contributed by atoms with van der Waals surface area (Å²) in [6.07, 6.45) is 2.24. The van der Waals surface area contributed by atoms with Gasteiger partial charge >= 0.3 is 0 Å². The fourth-order valence-electron chi connectivity index (χ4n) is 2.84. The van der Waals surface area contributed by atoms with Gasteiger partial charge in [-0.05, 0) is 24.5 Å². The zero-order chi connectivity index (χ0) is 11.2. The van der Waals surface area contributed by atoms with Crippen molar-refractivity contribution in [2.24, 2.45) is 5.41 Å². The van der Waals surface area contributed by atoms with E-state index in [1.54, 1.807) is 0 Å². The van der Waals surface area contributed by atoms with Crippen molar-refractivity contribution in [2.75, 3.05) is 19.8 Å². The van der Waals surface area contributed by atoms with Gasteiger partial charge in [0, 0.05) is 16.5 Å². The van der Waals surface area contributed by atoms with Crippen LogP contribution in [0.1, 0.15) is 18.4 Å². The van der Waals surface area contributed by atoms with Gasteiger partial charge < -0.3 is 9.84 Å². The van der Waals surface area contributed by atoms with Crippen LogP contribution in [0.5, 0.6) is 0 Å². The Morgan fingerprint density at radius 1 is 1.25 bits per heavy atom. The van der Waals surface area contributed by atoms with E-state index in [-0.39, 0.29) is 17.4 Å². The molecule has 0 unspecified atom stereocenters. The maximum Gasteiger partial charge on any atom is 0.0592 e. The average Bonchev–Trinajstić information content (AvgIpc) is 3.01. The monoisotopic (exact) mass is 282 g/mol. The van der Waals surface area contributed by atoms with E-state index in [1.165, 1.54) is 5.56 Å². The standard InChI is InChI=1S/C13H15BrO2/c14-11-4-2-1-3-10(11)13(8-16-9-13)12(7-15)5-6-12/h1-4,15H,5-9H2. The smallest absolute Gasteiger partial charge is 0.0592 e. The maximum atomic E-state index is 9.64. The highest BCUT2D eigenvalue weighted by atomic mass is 79.9. The predicted molar refractivity (Wildman–Crippen MR) is 65.4 cm³/mol. The van der Waals surface area contributed by atoms with Gasteiger partial charge in [0.25, 0.3) is 0 Å². The summed E-state index contributed by atoms with van der Waals surface area (Å²) >= 11 is 3.62. The molecule has 1 aliphatic carbocycles.